The monoisotopic (exact) mass is 163 g/mol. The molecule has 0 saturated heterocycles. The van der Waals surface area contributed by atoms with E-state index in [1.54, 1.807) is 13.3 Å². The van der Waals surface area contributed by atoms with E-state index in [0.717, 1.165) is 11.4 Å². The zero-order chi connectivity index (χ0) is 8.97. The Morgan fingerprint density at radius 3 is 2.83 bits per heavy atom. The molecule has 2 heteroatoms. The van der Waals surface area contributed by atoms with Crippen molar-refractivity contribution in [3.63, 3.8) is 0 Å². The van der Waals surface area contributed by atoms with Crippen LogP contribution in [0.1, 0.15) is 0 Å². The van der Waals surface area contributed by atoms with Gasteiger partial charge in [-0.1, -0.05) is 12.6 Å². The van der Waals surface area contributed by atoms with Crippen molar-refractivity contribution in [2.75, 3.05) is 19.1 Å². The van der Waals surface area contributed by atoms with Crippen LogP contribution in [0.4, 0.5) is 5.69 Å². The Hall–Kier alpha value is -1.44. The molecule has 0 fully saturated rings. The molecule has 0 unspecified atom stereocenters. The van der Waals surface area contributed by atoms with Crippen molar-refractivity contribution in [2.45, 2.75) is 0 Å². The lowest BCUT2D eigenvalue weighted by Crippen LogP contribution is -2.06. The Morgan fingerprint density at radius 1 is 1.50 bits per heavy atom. The molecule has 0 aliphatic carbocycles. The van der Waals surface area contributed by atoms with Crippen LogP contribution < -0.4 is 9.64 Å². The molecule has 0 bridgehead atoms. The summed E-state index contributed by atoms with van der Waals surface area (Å²) in [4.78, 5) is 1.93. The molecule has 0 spiro atoms. The Kier molecular flexibility index (Phi) is 2.75. The predicted molar refractivity (Wildman–Crippen MR) is 51.6 cm³/mol. The van der Waals surface area contributed by atoms with Crippen molar-refractivity contribution in [2.24, 2.45) is 0 Å². The minimum absolute atomic E-state index is 0.862. The molecule has 0 heterocycles. The third-order valence-electron chi connectivity index (χ3n) is 1.73. The van der Waals surface area contributed by atoms with Gasteiger partial charge < -0.3 is 9.64 Å². The topological polar surface area (TPSA) is 12.5 Å². The average molecular weight is 163 g/mol. The van der Waals surface area contributed by atoms with E-state index in [0.29, 0.717) is 0 Å². The molecule has 0 aromatic heterocycles. The molecule has 12 heavy (non-hydrogen) atoms. The second kappa shape index (κ2) is 3.81. The van der Waals surface area contributed by atoms with Gasteiger partial charge in [-0.3, -0.25) is 0 Å². The van der Waals surface area contributed by atoms with Crippen molar-refractivity contribution >= 4 is 5.69 Å². The van der Waals surface area contributed by atoms with Gasteiger partial charge in [0, 0.05) is 18.8 Å². The van der Waals surface area contributed by atoms with Gasteiger partial charge in [0.2, 0.25) is 0 Å². The maximum atomic E-state index is 5.09. The normalized spacial score (nSPS) is 9.17. The number of hydrogen-bond donors (Lipinski definition) is 0. The summed E-state index contributed by atoms with van der Waals surface area (Å²) in [6.07, 6.45) is 1.76. The van der Waals surface area contributed by atoms with Crippen molar-refractivity contribution in [3.05, 3.63) is 37.0 Å². The molecular weight excluding hydrogens is 150 g/mol. The Bertz CT molecular complexity index is 270. The first-order valence-corrected chi connectivity index (χ1v) is 3.77. The number of hydrogen-bond acceptors (Lipinski definition) is 2. The van der Waals surface area contributed by atoms with Crippen molar-refractivity contribution < 1.29 is 4.74 Å². The van der Waals surface area contributed by atoms with Crippen molar-refractivity contribution in [1.29, 1.82) is 0 Å². The van der Waals surface area contributed by atoms with Gasteiger partial charge in [-0.05, 0) is 18.3 Å². The molecule has 0 N–H and O–H groups in total. The fourth-order valence-electron chi connectivity index (χ4n) is 0.935. The summed E-state index contributed by atoms with van der Waals surface area (Å²) in [5, 5.41) is 0. The third-order valence-corrected chi connectivity index (χ3v) is 1.73. The standard InChI is InChI=1S/C10H13NO/c1-4-11(2)9-6-5-7-10(8-9)12-3/h4-8H,1H2,2-3H3. The second-order valence-electron chi connectivity index (χ2n) is 2.49. The molecule has 1 rings (SSSR count). The highest BCUT2D eigenvalue weighted by Crippen LogP contribution is 2.19. The molecule has 64 valence electrons. The van der Waals surface area contributed by atoms with Crippen LogP contribution in [0, 0.1) is 0 Å². The highest BCUT2D eigenvalue weighted by Gasteiger charge is 1.96. The summed E-state index contributed by atoms with van der Waals surface area (Å²) >= 11 is 0. The van der Waals surface area contributed by atoms with E-state index in [9.17, 15) is 0 Å². The van der Waals surface area contributed by atoms with Gasteiger partial charge in [-0.15, -0.1) is 0 Å². The van der Waals surface area contributed by atoms with E-state index in [1.165, 1.54) is 0 Å². The number of rotatable bonds is 3. The average Bonchev–Trinajstić information content (AvgIpc) is 2.17. The van der Waals surface area contributed by atoms with Crippen LogP contribution in [-0.4, -0.2) is 14.2 Å². The van der Waals surface area contributed by atoms with E-state index in [1.807, 2.05) is 36.2 Å². The first-order chi connectivity index (χ1) is 5.77. The zero-order valence-electron chi connectivity index (χ0n) is 7.45. The van der Waals surface area contributed by atoms with Gasteiger partial charge in [0.05, 0.1) is 7.11 Å². The largest absolute Gasteiger partial charge is 0.497 e. The molecule has 0 amide bonds. The molecule has 2 nitrogen and oxygen atoms in total. The van der Waals surface area contributed by atoms with E-state index in [4.69, 9.17) is 4.74 Å². The number of ether oxygens (including phenoxy) is 1. The molecule has 0 aliphatic rings. The number of methoxy groups -OCH3 is 1. The van der Waals surface area contributed by atoms with E-state index < -0.39 is 0 Å². The highest BCUT2D eigenvalue weighted by molar-refractivity contribution is 5.51. The summed E-state index contributed by atoms with van der Waals surface area (Å²) in [6.45, 7) is 3.68. The molecule has 0 aliphatic heterocycles. The number of nitrogens with zero attached hydrogens (tertiary/aromatic N) is 1. The molecule has 0 radical (unpaired) electrons. The van der Waals surface area contributed by atoms with Crippen LogP contribution in [0.5, 0.6) is 5.75 Å². The lowest BCUT2D eigenvalue weighted by atomic mass is 10.3. The Labute approximate surface area is 73.1 Å². The van der Waals surface area contributed by atoms with Crippen LogP contribution in [0.2, 0.25) is 0 Å². The van der Waals surface area contributed by atoms with Crippen molar-refractivity contribution in [3.8, 4) is 5.75 Å². The first kappa shape index (κ1) is 8.65. The summed E-state index contributed by atoms with van der Waals surface area (Å²) in [7, 11) is 3.61. The van der Waals surface area contributed by atoms with Crippen LogP contribution in [-0.2, 0) is 0 Å². The maximum absolute atomic E-state index is 5.09. The number of anilines is 1. The molecule has 0 atom stereocenters. The first-order valence-electron chi connectivity index (χ1n) is 3.77. The van der Waals surface area contributed by atoms with Crippen LogP contribution in [0.3, 0.4) is 0 Å². The molecule has 1 aromatic carbocycles. The van der Waals surface area contributed by atoms with E-state index in [2.05, 4.69) is 6.58 Å². The lowest BCUT2D eigenvalue weighted by molar-refractivity contribution is 0.415. The summed E-state index contributed by atoms with van der Waals surface area (Å²) in [5.41, 5.74) is 1.07. The predicted octanol–water partition coefficient (Wildman–Crippen LogP) is 2.27. The minimum Gasteiger partial charge on any atom is -0.497 e. The van der Waals surface area contributed by atoms with Gasteiger partial charge in [0.1, 0.15) is 5.75 Å². The zero-order valence-corrected chi connectivity index (χ0v) is 7.45. The van der Waals surface area contributed by atoms with E-state index >= 15 is 0 Å². The quantitative estimate of drug-likeness (QED) is 0.677. The van der Waals surface area contributed by atoms with Gasteiger partial charge in [-0.2, -0.15) is 0 Å². The van der Waals surface area contributed by atoms with Gasteiger partial charge in [0.25, 0.3) is 0 Å². The SMILES string of the molecule is C=CN(C)c1cccc(OC)c1. The molecule has 0 saturated carbocycles. The molecule has 1 aromatic rings. The maximum Gasteiger partial charge on any atom is 0.120 e. The lowest BCUT2D eigenvalue weighted by Gasteiger charge is -2.13. The van der Waals surface area contributed by atoms with Gasteiger partial charge in [0.15, 0.2) is 0 Å². The fraction of sp³-hybridized carbons (Fsp3) is 0.200. The van der Waals surface area contributed by atoms with E-state index in [-0.39, 0.29) is 0 Å². The highest BCUT2D eigenvalue weighted by atomic mass is 16.5. The number of benzene rings is 1. The smallest absolute Gasteiger partial charge is 0.120 e. The van der Waals surface area contributed by atoms with Gasteiger partial charge >= 0.3 is 0 Å². The Morgan fingerprint density at radius 2 is 2.25 bits per heavy atom. The second-order valence-corrected chi connectivity index (χ2v) is 2.49. The van der Waals surface area contributed by atoms with Crippen LogP contribution in [0.15, 0.2) is 37.0 Å². The van der Waals surface area contributed by atoms with Gasteiger partial charge in [-0.25, -0.2) is 0 Å². The Balaban J connectivity index is 2.93. The van der Waals surface area contributed by atoms with Crippen LogP contribution >= 0.6 is 0 Å². The van der Waals surface area contributed by atoms with Crippen LogP contribution in [0.25, 0.3) is 0 Å². The summed E-state index contributed by atoms with van der Waals surface area (Å²) in [6, 6.07) is 7.83. The van der Waals surface area contributed by atoms with Crippen molar-refractivity contribution in [1.82, 2.24) is 0 Å². The summed E-state index contributed by atoms with van der Waals surface area (Å²) in [5.74, 6) is 0.862. The third kappa shape index (κ3) is 1.78. The summed E-state index contributed by atoms with van der Waals surface area (Å²) < 4.78 is 5.09. The fourth-order valence-corrected chi connectivity index (χ4v) is 0.935. The minimum atomic E-state index is 0.862. The molecular formula is C10H13NO.